The molecule has 0 spiro atoms. The van der Waals surface area contributed by atoms with E-state index < -0.39 is 0 Å². The lowest BCUT2D eigenvalue weighted by atomic mass is 10.1. The van der Waals surface area contributed by atoms with Crippen LogP contribution < -0.4 is 4.90 Å². The average molecular weight is 262 g/mol. The largest absolute Gasteiger partial charge is 0.341 e. The summed E-state index contributed by atoms with van der Waals surface area (Å²) in [6.07, 6.45) is 0. The van der Waals surface area contributed by atoms with E-state index in [-0.39, 0.29) is 5.92 Å². The van der Waals surface area contributed by atoms with Gasteiger partial charge in [-0.05, 0) is 19.8 Å². The second kappa shape index (κ2) is 5.69. The van der Waals surface area contributed by atoms with Gasteiger partial charge in [-0.25, -0.2) is 9.97 Å². The Morgan fingerprint density at radius 2 is 1.50 bits per heavy atom. The lowest BCUT2D eigenvalue weighted by molar-refractivity contribution is 0.799. The van der Waals surface area contributed by atoms with E-state index in [0.29, 0.717) is 16.3 Å². The van der Waals surface area contributed by atoms with Gasteiger partial charge in [0.2, 0.25) is 5.95 Å². The Morgan fingerprint density at radius 1 is 1.06 bits per heavy atom. The fourth-order valence-corrected chi connectivity index (χ4v) is 2.35. The maximum absolute atomic E-state index is 6.13. The van der Waals surface area contributed by atoms with E-state index in [4.69, 9.17) is 23.2 Å². The topological polar surface area (TPSA) is 29.0 Å². The molecule has 0 bridgehead atoms. The monoisotopic (exact) mass is 261 g/mol. The van der Waals surface area contributed by atoms with Crippen molar-refractivity contribution >= 4 is 29.2 Å². The Kier molecular flexibility index (Phi) is 4.81. The summed E-state index contributed by atoms with van der Waals surface area (Å²) in [4.78, 5) is 10.6. The normalized spacial score (nSPS) is 10.9. The van der Waals surface area contributed by atoms with Crippen molar-refractivity contribution in [1.29, 1.82) is 0 Å². The molecule has 0 atom stereocenters. The molecule has 0 fully saturated rings. The molecule has 0 aromatic carbocycles. The van der Waals surface area contributed by atoms with Gasteiger partial charge in [0.05, 0.1) is 0 Å². The molecule has 1 rings (SSSR count). The van der Waals surface area contributed by atoms with E-state index in [0.717, 1.165) is 18.7 Å². The smallest absolute Gasteiger partial charge is 0.228 e. The molecule has 0 aliphatic rings. The minimum Gasteiger partial charge on any atom is -0.341 e. The molecule has 1 aromatic heterocycles. The summed E-state index contributed by atoms with van der Waals surface area (Å²) in [7, 11) is 0. The van der Waals surface area contributed by atoms with Crippen molar-refractivity contribution in [2.75, 3.05) is 18.0 Å². The number of hydrogen-bond donors (Lipinski definition) is 0. The maximum Gasteiger partial charge on any atom is 0.228 e. The van der Waals surface area contributed by atoms with Crippen LogP contribution in [0.15, 0.2) is 0 Å². The molecule has 0 amide bonds. The average Bonchev–Trinajstić information content (AvgIpc) is 2.17. The highest BCUT2D eigenvalue weighted by Crippen LogP contribution is 2.30. The molecule has 0 aliphatic carbocycles. The lowest BCUT2D eigenvalue weighted by Gasteiger charge is -2.20. The van der Waals surface area contributed by atoms with E-state index in [9.17, 15) is 0 Å². The van der Waals surface area contributed by atoms with E-state index in [1.807, 2.05) is 32.6 Å². The van der Waals surface area contributed by atoms with Gasteiger partial charge in [-0.1, -0.05) is 37.0 Å². The van der Waals surface area contributed by atoms with Crippen molar-refractivity contribution in [1.82, 2.24) is 9.97 Å². The first-order valence-electron chi connectivity index (χ1n) is 5.49. The highest BCUT2D eigenvalue weighted by molar-refractivity contribution is 6.34. The molecule has 0 aliphatic heterocycles. The SMILES string of the molecule is CCN(CC)c1nc(Cl)c(C(C)C)c(Cl)n1. The van der Waals surface area contributed by atoms with Crippen LogP contribution in [0.1, 0.15) is 39.2 Å². The highest BCUT2D eigenvalue weighted by atomic mass is 35.5. The van der Waals surface area contributed by atoms with Crippen LogP contribution in [0.4, 0.5) is 5.95 Å². The summed E-state index contributed by atoms with van der Waals surface area (Å²) in [5.74, 6) is 0.829. The minimum absolute atomic E-state index is 0.228. The Bertz CT molecular complexity index is 339. The second-order valence-electron chi connectivity index (χ2n) is 3.85. The van der Waals surface area contributed by atoms with Crippen LogP contribution in [-0.2, 0) is 0 Å². The van der Waals surface area contributed by atoms with Crippen LogP contribution in [0, 0.1) is 0 Å². The van der Waals surface area contributed by atoms with Gasteiger partial charge in [-0.15, -0.1) is 0 Å². The molecule has 0 N–H and O–H groups in total. The van der Waals surface area contributed by atoms with Crippen LogP contribution in [-0.4, -0.2) is 23.1 Å². The molecule has 0 unspecified atom stereocenters. The summed E-state index contributed by atoms with van der Waals surface area (Å²) in [5.41, 5.74) is 0.819. The van der Waals surface area contributed by atoms with Crippen molar-refractivity contribution < 1.29 is 0 Å². The Labute approximate surface area is 107 Å². The predicted molar refractivity (Wildman–Crippen MR) is 69.7 cm³/mol. The first-order valence-corrected chi connectivity index (χ1v) is 6.24. The Balaban J connectivity index is 3.18. The van der Waals surface area contributed by atoms with Crippen LogP contribution in [0.2, 0.25) is 10.3 Å². The molecule has 1 heterocycles. The minimum atomic E-state index is 0.228. The fourth-order valence-electron chi connectivity index (χ4n) is 1.53. The van der Waals surface area contributed by atoms with Crippen molar-refractivity contribution in [3.63, 3.8) is 0 Å². The van der Waals surface area contributed by atoms with Gasteiger partial charge in [0.15, 0.2) is 0 Å². The van der Waals surface area contributed by atoms with Gasteiger partial charge in [-0.2, -0.15) is 0 Å². The summed E-state index contributed by atoms with van der Waals surface area (Å²) in [6.45, 7) is 9.81. The van der Waals surface area contributed by atoms with Gasteiger partial charge >= 0.3 is 0 Å². The standard InChI is InChI=1S/C11H17Cl2N3/c1-5-16(6-2)11-14-9(12)8(7(3)4)10(13)15-11/h7H,5-6H2,1-4H3. The van der Waals surface area contributed by atoms with Gasteiger partial charge < -0.3 is 4.90 Å². The quantitative estimate of drug-likeness (QED) is 0.774. The molecule has 90 valence electrons. The summed E-state index contributed by atoms with van der Waals surface area (Å²) in [6, 6.07) is 0. The number of hydrogen-bond acceptors (Lipinski definition) is 3. The zero-order valence-corrected chi connectivity index (χ0v) is 11.6. The molecule has 0 saturated heterocycles. The number of rotatable bonds is 4. The molecule has 16 heavy (non-hydrogen) atoms. The molecular weight excluding hydrogens is 245 g/mol. The van der Waals surface area contributed by atoms with Gasteiger partial charge in [0.25, 0.3) is 0 Å². The van der Waals surface area contributed by atoms with Gasteiger partial charge in [0, 0.05) is 18.7 Å². The highest BCUT2D eigenvalue weighted by Gasteiger charge is 2.16. The molecule has 3 nitrogen and oxygen atoms in total. The van der Waals surface area contributed by atoms with Crippen LogP contribution >= 0.6 is 23.2 Å². The van der Waals surface area contributed by atoms with Crippen LogP contribution in [0.25, 0.3) is 0 Å². The number of nitrogens with zero attached hydrogens (tertiary/aromatic N) is 3. The van der Waals surface area contributed by atoms with E-state index in [1.54, 1.807) is 0 Å². The molecule has 5 heteroatoms. The molecular formula is C11H17Cl2N3. The van der Waals surface area contributed by atoms with Crippen molar-refractivity contribution in [2.45, 2.75) is 33.6 Å². The van der Waals surface area contributed by atoms with Gasteiger partial charge in [0.1, 0.15) is 10.3 Å². The Morgan fingerprint density at radius 3 is 1.81 bits per heavy atom. The summed E-state index contributed by atoms with van der Waals surface area (Å²) >= 11 is 12.3. The predicted octanol–water partition coefficient (Wildman–Crippen LogP) is 3.75. The third-order valence-electron chi connectivity index (χ3n) is 2.46. The first-order chi connectivity index (χ1) is 7.51. The summed E-state index contributed by atoms with van der Waals surface area (Å²) < 4.78 is 0. The number of halogens is 2. The van der Waals surface area contributed by atoms with Crippen molar-refractivity contribution in [3.8, 4) is 0 Å². The number of aromatic nitrogens is 2. The van der Waals surface area contributed by atoms with Crippen molar-refractivity contribution in [2.24, 2.45) is 0 Å². The first kappa shape index (κ1) is 13.5. The molecule has 1 aromatic rings. The molecule has 0 saturated carbocycles. The zero-order valence-electron chi connectivity index (χ0n) is 10.1. The number of anilines is 1. The fraction of sp³-hybridized carbons (Fsp3) is 0.636. The van der Waals surface area contributed by atoms with E-state index in [1.165, 1.54) is 0 Å². The summed E-state index contributed by atoms with van der Waals surface area (Å²) in [5, 5.41) is 0.911. The van der Waals surface area contributed by atoms with Crippen LogP contribution in [0.5, 0.6) is 0 Å². The maximum atomic E-state index is 6.13. The second-order valence-corrected chi connectivity index (χ2v) is 4.56. The van der Waals surface area contributed by atoms with Crippen LogP contribution in [0.3, 0.4) is 0 Å². The third-order valence-corrected chi connectivity index (χ3v) is 3.04. The van der Waals surface area contributed by atoms with E-state index >= 15 is 0 Å². The Hall–Kier alpha value is -0.540. The lowest BCUT2D eigenvalue weighted by Crippen LogP contribution is -2.24. The molecule has 0 radical (unpaired) electrons. The van der Waals surface area contributed by atoms with E-state index in [2.05, 4.69) is 9.97 Å². The van der Waals surface area contributed by atoms with Gasteiger partial charge in [-0.3, -0.25) is 0 Å². The van der Waals surface area contributed by atoms with Crippen molar-refractivity contribution in [3.05, 3.63) is 15.9 Å². The third kappa shape index (κ3) is 2.77. The zero-order chi connectivity index (χ0) is 12.3.